The van der Waals surface area contributed by atoms with Crippen LogP contribution in [0, 0.1) is 0 Å². The van der Waals surface area contributed by atoms with Crippen molar-refractivity contribution in [3.63, 3.8) is 0 Å². The molecule has 0 saturated carbocycles. The molecule has 0 aliphatic carbocycles. The topological polar surface area (TPSA) is 72.4 Å². The molecular weight excluding hydrogens is 270 g/mol. The quantitative estimate of drug-likeness (QED) is 0.872. The lowest BCUT2D eigenvalue weighted by Gasteiger charge is -2.08. The fourth-order valence-electron chi connectivity index (χ4n) is 1.79. The molecule has 21 heavy (non-hydrogen) atoms. The fourth-order valence-corrected chi connectivity index (χ4v) is 1.79. The van der Waals surface area contributed by atoms with Crippen LogP contribution in [0.15, 0.2) is 42.6 Å². The summed E-state index contributed by atoms with van der Waals surface area (Å²) in [6, 6.07) is 10.5. The minimum absolute atomic E-state index is 0.213. The van der Waals surface area contributed by atoms with Crippen molar-refractivity contribution in [2.24, 2.45) is 7.05 Å². The van der Waals surface area contributed by atoms with Crippen LogP contribution < -0.4 is 15.4 Å². The third-order valence-electron chi connectivity index (χ3n) is 2.94. The van der Waals surface area contributed by atoms with Crippen LogP contribution in [0.3, 0.4) is 0 Å². The molecule has 1 heterocycles. The molecule has 2 amide bonds. The number of ether oxygens (including phenoxy) is 1. The summed E-state index contributed by atoms with van der Waals surface area (Å²) >= 11 is 0. The van der Waals surface area contributed by atoms with Crippen molar-refractivity contribution in [1.82, 2.24) is 9.88 Å². The summed E-state index contributed by atoms with van der Waals surface area (Å²) in [4.78, 5) is 23.5. The van der Waals surface area contributed by atoms with Gasteiger partial charge in [0.25, 0.3) is 11.8 Å². The number of aromatic nitrogens is 1. The molecule has 0 aliphatic rings. The highest BCUT2D eigenvalue weighted by molar-refractivity contribution is 6.04. The molecule has 2 N–H and O–H groups in total. The Morgan fingerprint density at radius 3 is 2.48 bits per heavy atom. The number of imide groups is 1. The van der Waals surface area contributed by atoms with Gasteiger partial charge in [0.2, 0.25) is 0 Å². The Bertz CT molecular complexity index is 632. The van der Waals surface area contributed by atoms with Gasteiger partial charge in [0.15, 0.2) is 6.61 Å². The Kier molecular flexibility index (Phi) is 4.61. The van der Waals surface area contributed by atoms with E-state index in [1.165, 1.54) is 0 Å². The minimum Gasteiger partial charge on any atom is -0.484 e. The van der Waals surface area contributed by atoms with E-state index in [-0.39, 0.29) is 6.61 Å². The van der Waals surface area contributed by atoms with Crippen molar-refractivity contribution < 1.29 is 14.3 Å². The second-order valence-corrected chi connectivity index (χ2v) is 4.44. The molecule has 0 spiro atoms. The van der Waals surface area contributed by atoms with Crippen LogP contribution >= 0.6 is 0 Å². The van der Waals surface area contributed by atoms with Crippen molar-refractivity contribution in [2.75, 3.05) is 19.0 Å². The van der Waals surface area contributed by atoms with E-state index < -0.39 is 11.8 Å². The summed E-state index contributed by atoms with van der Waals surface area (Å²) in [5.74, 6) is -0.365. The highest BCUT2D eigenvalue weighted by Gasteiger charge is 2.13. The second-order valence-electron chi connectivity index (χ2n) is 4.44. The third kappa shape index (κ3) is 3.85. The number of nitrogens with one attached hydrogen (secondary N) is 2. The van der Waals surface area contributed by atoms with Crippen LogP contribution in [0.1, 0.15) is 10.5 Å². The van der Waals surface area contributed by atoms with E-state index in [0.29, 0.717) is 11.4 Å². The van der Waals surface area contributed by atoms with E-state index in [1.807, 2.05) is 19.2 Å². The van der Waals surface area contributed by atoms with Crippen LogP contribution in [0.2, 0.25) is 0 Å². The fraction of sp³-hybridized carbons (Fsp3) is 0.200. The standard InChI is InChI=1S/C15H17N3O3/c1-16-11-5-7-12(8-6-11)21-10-14(19)17-15(20)13-4-3-9-18(13)2/h3-9,16H,10H2,1-2H3,(H,17,19,20). The zero-order chi connectivity index (χ0) is 15.2. The maximum Gasteiger partial charge on any atom is 0.274 e. The number of anilines is 1. The Morgan fingerprint density at radius 2 is 1.90 bits per heavy atom. The van der Waals surface area contributed by atoms with Gasteiger partial charge < -0.3 is 14.6 Å². The number of rotatable bonds is 5. The molecule has 2 rings (SSSR count). The summed E-state index contributed by atoms with van der Waals surface area (Å²) in [6.07, 6.45) is 1.74. The lowest BCUT2D eigenvalue weighted by molar-refractivity contribution is -0.122. The summed E-state index contributed by atoms with van der Waals surface area (Å²) in [5, 5.41) is 5.26. The lowest BCUT2D eigenvalue weighted by atomic mass is 10.3. The summed E-state index contributed by atoms with van der Waals surface area (Å²) in [7, 11) is 3.55. The van der Waals surface area contributed by atoms with E-state index in [4.69, 9.17) is 4.74 Å². The molecule has 2 aromatic rings. The SMILES string of the molecule is CNc1ccc(OCC(=O)NC(=O)c2cccn2C)cc1. The van der Waals surface area contributed by atoms with Crippen LogP contribution in [0.5, 0.6) is 5.75 Å². The zero-order valence-electron chi connectivity index (χ0n) is 11.9. The first kappa shape index (κ1) is 14.6. The first-order valence-electron chi connectivity index (χ1n) is 6.46. The second kappa shape index (κ2) is 6.60. The smallest absolute Gasteiger partial charge is 0.274 e. The largest absolute Gasteiger partial charge is 0.484 e. The van der Waals surface area contributed by atoms with Crippen molar-refractivity contribution >= 4 is 17.5 Å². The predicted molar refractivity (Wildman–Crippen MR) is 79.4 cm³/mol. The van der Waals surface area contributed by atoms with Crippen molar-refractivity contribution in [2.45, 2.75) is 0 Å². The molecule has 110 valence electrons. The summed E-state index contributed by atoms with van der Waals surface area (Å²) in [6.45, 7) is -0.213. The lowest BCUT2D eigenvalue weighted by Crippen LogP contribution is -2.35. The first-order chi connectivity index (χ1) is 10.1. The van der Waals surface area contributed by atoms with Crippen molar-refractivity contribution in [1.29, 1.82) is 0 Å². The number of carbonyl (C=O) groups excluding carboxylic acids is 2. The van der Waals surface area contributed by atoms with Crippen LogP contribution in [0.25, 0.3) is 0 Å². The number of carbonyl (C=O) groups is 2. The number of hydrogen-bond acceptors (Lipinski definition) is 4. The number of nitrogens with zero attached hydrogens (tertiary/aromatic N) is 1. The third-order valence-corrected chi connectivity index (χ3v) is 2.94. The molecule has 0 saturated heterocycles. The zero-order valence-corrected chi connectivity index (χ0v) is 11.9. The van der Waals surface area contributed by atoms with Crippen LogP contribution in [-0.4, -0.2) is 30.0 Å². The van der Waals surface area contributed by atoms with E-state index in [2.05, 4.69) is 10.6 Å². The van der Waals surface area contributed by atoms with E-state index in [9.17, 15) is 9.59 Å². The van der Waals surface area contributed by atoms with Gasteiger partial charge in [0, 0.05) is 26.0 Å². The van der Waals surface area contributed by atoms with Gasteiger partial charge in [0.05, 0.1) is 0 Å². The van der Waals surface area contributed by atoms with Gasteiger partial charge >= 0.3 is 0 Å². The maximum absolute atomic E-state index is 11.8. The Labute approximate surface area is 122 Å². The van der Waals surface area contributed by atoms with Gasteiger partial charge in [-0.05, 0) is 36.4 Å². The van der Waals surface area contributed by atoms with Gasteiger partial charge in [-0.1, -0.05) is 0 Å². The average Bonchev–Trinajstić information content (AvgIpc) is 2.92. The highest BCUT2D eigenvalue weighted by Crippen LogP contribution is 2.14. The summed E-state index contributed by atoms with van der Waals surface area (Å²) < 4.78 is 6.96. The Balaban J connectivity index is 1.84. The molecule has 6 nitrogen and oxygen atoms in total. The molecule has 6 heteroatoms. The Morgan fingerprint density at radius 1 is 1.19 bits per heavy atom. The molecule has 0 radical (unpaired) electrons. The summed E-state index contributed by atoms with van der Waals surface area (Å²) in [5.41, 5.74) is 1.37. The number of aryl methyl sites for hydroxylation is 1. The molecule has 1 aromatic carbocycles. The number of hydrogen-bond donors (Lipinski definition) is 2. The molecule has 0 atom stereocenters. The Hall–Kier alpha value is -2.76. The van der Waals surface area contributed by atoms with E-state index >= 15 is 0 Å². The van der Waals surface area contributed by atoms with E-state index in [1.54, 1.807) is 42.1 Å². The molecular formula is C15H17N3O3. The normalized spacial score (nSPS) is 10.0. The highest BCUT2D eigenvalue weighted by atomic mass is 16.5. The van der Waals surface area contributed by atoms with Gasteiger partial charge in [0.1, 0.15) is 11.4 Å². The van der Waals surface area contributed by atoms with Crippen molar-refractivity contribution in [3.05, 3.63) is 48.3 Å². The molecule has 0 aliphatic heterocycles. The van der Waals surface area contributed by atoms with Gasteiger partial charge in [-0.3, -0.25) is 14.9 Å². The average molecular weight is 287 g/mol. The van der Waals surface area contributed by atoms with Crippen LogP contribution in [0.4, 0.5) is 5.69 Å². The van der Waals surface area contributed by atoms with Crippen molar-refractivity contribution in [3.8, 4) is 5.75 Å². The van der Waals surface area contributed by atoms with Gasteiger partial charge in [-0.25, -0.2) is 0 Å². The van der Waals surface area contributed by atoms with Gasteiger partial charge in [-0.15, -0.1) is 0 Å². The van der Waals surface area contributed by atoms with E-state index in [0.717, 1.165) is 5.69 Å². The van der Waals surface area contributed by atoms with Gasteiger partial charge in [-0.2, -0.15) is 0 Å². The predicted octanol–water partition coefficient (Wildman–Crippen LogP) is 1.40. The molecule has 0 fully saturated rings. The number of amides is 2. The molecule has 0 unspecified atom stereocenters. The maximum atomic E-state index is 11.8. The number of benzene rings is 1. The molecule has 1 aromatic heterocycles. The minimum atomic E-state index is -0.487. The first-order valence-corrected chi connectivity index (χ1v) is 6.46. The van der Waals surface area contributed by atoms with Crippen LogP contribution in [-0.2, 0) is 11.8 Å². The molecule has 0 bridgehead atoms. The monoisotopic (exact) mass is 287 g/mol.